The molecule has 1 aromatic rings. The topological polar surface area (TPSA) is 102 Å². The molecule has 1 aromatic heterocycles. The van der Waals surface area contributed by atoms with Gasteiger partial charge in [-0.1, -0.05) is 0 Å². The van der Waals surface area contributed by atoms with Crippen molar-refractivity contribution in [2.45, 2.75) is 25.9 Å². The molecule has 0 saturated heterocycles. The van der Waals surface area contributed by atoms with E-state index in [4.69, 9.17) is 15.6 Å². The third kappa shape index (κ3) is 3.44. The number of aryl methyl sites for hydroxylation is 1. The predicted molar refractivity (Wildman–Crippen MR) is 67.1 cm³/mol. The lowest BCUT2D eigenvalue weighted by Crippen LogP contribution is -2.39. The van der Waals surface area contributed by atoms with Gasteiger partial charge >= 0.3 is 0 Å². The number of ether oxygens (including phenoxy) is 1. The molecule has 0 aliphatic rings. The van der Waals surface area contributed by atoms with Crippen LogP contribution in [-0.2, 0) is 11.3 Å². The molecule has 0 aliphatic carbocycles. The van der Waals surface area contributed by atoms with Crippen LogP contribution in [0.2, 0.25) is 0 Å². The van der Waals surface area contributed by atoms with Crippen LogP contribution in [0.1, 0.15) is 23.8 Å². The highest BCUT2D eigenvalue weighted by atomic mass is 16.5. The van der Waals surface area contributed by atoms with E-state index in [2.05, 4.69) is 10.4 Å². The average Bonchev–Trinajstić information content (AvgIpc) is 2.71. The van der Waals surface area contributed by atoms with Gasteiger partial charge in [-0.25, -0.2) is 0 Å². The van der Waals surface area contributed by atoms with E-state index in [1.165, 1.54) is 10.9 Å². The summed E-state index contributed by atoms with van der Waals surface area (Å²) in [6.07, 6.45) is 1.88. The fourth-order valence-electron chi connectivity index (χ4n) is 1.70. The number of anilines is 1. The second-order valence-electron chi connectivity index (χ2n) is 3.90. The summed E-state index contributed by atoms with van der Waals surface area (Å²) in [6.45, 7) is 2.77. The van der Waals surface area contributed by atoms with Crippen molar-refractivity contribution in [3.63, 3.8) is 0 Å². The van der Waals surface area contributed by atoms with Gasteiger partial charge in [0.2, 0.25) is 0 Å². The maximum atomic E-state index is 12.1. The molecule has 0 spiro atoms. The number of amides is 1. The van der Waals surface area contributed by atoms with Crippen molar-refractivity contribution in [2.75, 3.05) is 26.1 Å². The van der Waals surface area contributed by atoms with Gasteiger partial charge in [-0.2, -0.15) is 5.10 Å². The summed E-state index contributed by atoms with van der Waals surface area (Å²) in [5.74, 6) is -0.303. The molecule has 0 bridgehead atoms. The van der Waals surface area contributed by atoms with E-state index >= 15 is 0 Å². The average molecular weight is 256 g/mol. The second kappa shape index (κ2) is 6.97. The zero-order valence-corrected chi connectivity index (χ0v) is 10.7. The van der Waals surface area contributed by atoms with Crippen LogP contribution in [0.25, 0.3) is 0 Å². The van der Waals surface area contributed by atoms with Gasteiger partial charge in [0.15, 0.2) is 0 Å². The Morgan fingerprint density at radius 1 is 1.72 bits per heavy atom. The fraction of sp³-hybridized carbons (Fsp3) is 0.636. The molecule has 1 amide bonds. The SMILES string of the molecule is CCn1ncc(N)c1C(=O)NC(CCO)COC. The summed E-state index contributed by atoms with van der Waals surface area (Å²) >= 11 is 0. The highest BCUT2D eigenvalue weighted by Crippen LogP contribution is 2.11. The number of carbonyl (C=O) groups excluding carboxylic acids is 1. The number of aromatic nitrogens is 2. The number of nitrogens with two attached hydrogens (primary N) is 1. The van der Waals surface area contributed by atoms with Crippen LogP contribution in [0.3, 0.4) is 0 Å². The normalized spacial score (nSPS) is 12.4. The third-order valence-electron chi connectivity index (χ3n) is 2.56. The van der Waals surface area contributed by atoms with Crippen molar-refractivity contribution < 1.29 is 14.6 Å². The summed E-state index contributed by atoms with van der Waals surface area (Å²) in [5.41, 5.74) is 6.40. The van der Waals surface area contributed by atoms with Crippen molar-refractivity contribution in [3.05, 3.63) is 11.9 Å². The number of nitrogens with one attached hydrogen (secondary N) is 1. The molecule has 0 aromatic carbocycles. The number of rotatable bonds is 7. The molecule has 0 aliphatic heterocycles. The molecule has 7 nitrogen and oxygen atoms in total. The monoisotopic (exact) mass is 256 g/mol. The molecular formula is C11H20N4O3. The van der Waals surface area contributed by atoms with Crippen LogP contribution in [0.4, 0.5) is 5.69 Å². The molecule has 102 valence electrons. The summed E-state index contributed by atoms with van der Waals surface area (Å²) in [6, 6.07) is -0.243. The molecular weight excluding hydrogens is 236 g/mol. The number of carbonyl (C=O) groups is 1. The molecule has 1 unspecified atom stereocenters. The smallest absolute Gasteiger partial charge is 0.272 e. The third-order valence-corrected chi connectivity index (χ3v) is 2.56. The van der Waals surface area contributed by atoms with Crippen molar-refractivity contribution in [1.29, 1.82) is 0 Å². The number of aliphatic hydroxyl groups excluding tert-OH is 1. The van der Waals surface area contributed by atoms with Gasteiger partial charge < -0.3 is 20.9 Å². The second-order valence-corrected chi connectivity index (χ2v) is 3.90. The van der Waals surface area contributed by atoms with Crippen LogP contribution >= 0.6 is 0 Å². The minimum absolute atomic E-state index is 0.0170. The number of nitrogen functional groups attached to an aromatic ring is 1. The lowest BCUT2D eigenvalue weighted by molar-refractivity contribution is 0.0869. The lowest BCUT2D eigenvalue weighted by atomic mass is 10.2. The fourth-order valence-corrected chi connectivity index (χ4v) is 1.70. The van der Waals surface area contributed by atoms with Gasteiger partial charge in [-0.3, -0.25) is 9.48 Å². The zero-order valence-electron chi connectivity index (χ0n) is 10.7. The molecule has 0 radical (unpaired) electrons. The van der Waals surface area contributed by atoms with Crippen LogP contribution < -0.4 is 11.1 Å². The largest absolute Gasteiger partial charge is 0.396 e. The Hall–Kier alpha value is -1.60. The van der Waals surface area contributed by atoms with Gasteiger partial charge in [-0.05, 0) is 13.3 Å². The zero-order chi connectivity index (χ0) is 13.5. The number of aliphatic hydroxyl groups is 1. The molecule has 4 N–H and O–H groups in total. The van der Waals surface area contributed by atoms with E-state index < -0.39 is 0 Å². The van der Waals surface area contributed by atoms with E-state index in [1.54, 1.807) is 7.11 Å². The first-order chi connectivity index (χ1) is 8.63. The lowest BCUT2D eigenvalue weighted by Gasteiger charge is -2.17. The first-order valence-electron chi connectivity index (χ1n) is 5.85. The standard InChI is InChI=1S/C11H20N4O3/c1-3-15-10(9(12)6-13-15)11(17)14-8(4-5-16)7-18-2/h6,8,16H,3-5,7,12H2,1-2H3,(H,14,17). The summed E-state index contributed by atoms with van der Waals surface area (Å²) in [5, 5.41) is 15.7. The number of methoxy groups -OCH3 is 1. The predicted octanol–water partition coefficient (Wildman–Crippen LogP) is -0.388. The minimum Gasteiger partial charge on any atom is -0.396 e. The Bertz CT molecular complexity index is 386. The quantitative estimate of drug-likeness (QED) is 0.616. The number of nitrogens with zero attached hydrogens (tertiary/aromatic N) is 2. The van der Waals surface area contributed by atoms with Gasteiger partial charge in [0.05, 0.1) is 24.5 Å². The Balaban J connectivity index is 2.76. The van der Waals surface area contributed by atoms with Crippen molar-refractivity contribution in [2.24, 2.45) is 0 Å². The maximum absolute atomic E-state index is 12.1. The molecule has 1 atom stereocenters. The van der Waals surface area contributed by atoms with E-state index in [1.807, 2.05) is 6.92 Å². The minimum atomic E-state index is -0.303. The Labute approximate surface area is 106 Å². The molecule has 1 rings (SSSR count). The number of hydrogen-bond acceptors (Lipinski definition) is 5. The Morgan fingerprint density at radius 2 is 2.44 bits per heavy atom. The van der Waals surface area contributed by atoms with E-state index in [-0.39, 0.29) is 18.6 Å². The van der Waals surface area contributed by atoms with Crippen LogP contribution in [0, 0.1) is 0 Å². The highest BCUT2D eigenvalue weighted by Gasteiger charge is 2.19. The first-order valence-corrected chi connectivity index (χ1v) is 5.85. The van der Waals surface area contributed by atoms with Gasteiger partial charge in [0.25, 0.3) is 5.91 Å². The van der Waals surface area contributed by atoms with Gasteiger partial charge in [0.1, 0.15) is 5.69 Å². The molecule has 7 heteroatoms. The Morgan fingerprint density at radius 3 is 3.00 bits per heavy atom. The highest BCUT2D eigenvalue weighted by molar-refractivity contribution is 5.97. The molecule has 0 saturated carbocycles. The van der Waals surface area contributed by atoms with Crippen LogP contribution in [0.5, 0.6) is 0 Å². The van der Waals surface area contributed by atoms with E-state index in [0.29, 0.717) is 31.0 Å². The Kier molecular flexibility index (Phi) is 5.60. The van der Waals surface area contributed by atoms with E-state index in [9.17, 15) is 4.79 Å². The first kappa shape index (κ1) is 14.5. The van der Waals surface area contributed by atoms with Crippen molar-refractivity contribution in [3.8, 4) is 0 Å². The van der Waals surface area contributed by atoms with Crippen LogP contribution in [-0.4, -0.2) is 47.2 Å². The molecule has 18 heavy (non-hydrogen) atoms. The summed E-state index contributed by atoms with van der Waals surface area (Å²) in [7, 11) is 1.54. The van der Waals surface area contributed by atoms with Gasteiger partial charge in [0, 0.05) is 20.3 Å². The molecule has 0 fully saturated rings. The maximum Gasteiger partial charge on any atom is 0.272 e. The van der Waals surface area contributed by atoms with E-state index in [0.717, 1.165) is 0 Å². The van der Waals surface area contributed by atoms with Gasteiger partial charge in [-0.15, -0.1) is 0 Å². The summed E-state index contributed by atoms with van der Waals surface area (Å²) in [4.78, 5) is 12.1. The van der Waals surface area contributed by atoms with Crippen molar-refractivity contribution in [1.82, 2.24) is 15.1 Å². The van der Waals surface area contributed by atoms with Crippen LogP contribution in [0.15, 0.2) is 6.20 Å². The molecule has 1 heterocycles. The summed E-state index contributed by atoms with van der Waals surface area (Å²) < 4.78 is 6.52. The number of hydrogen-bond donors (Lipinski definition) is 3. The van der Waals surface area contributed by atoms with Crippen molar-refractivity contribution >= 4 is 11.6 Å².